The Hall–Kier alpha value is -1.22. The Morgan fingerprint density at radius 2 is 2.00 bits per heavy atom. The van der Waals surface area contributed by atoms with Gasteiger partial charge in [-0.1, -0.05) is 38.8 Å². The molecule has 1 aromatic rings. The van der Waals surface area contributed by atoms with Crippen LogP contribution < -0.4 is 14.8 Å². The zero-order chi connectivity index (χ0) is 14.4. The lowest BCUT2D eigenvalue weighted by Gasteiger charge is -2.18. The number of ether oxygens (including phenoxy) is 2. The van der Waals surface area contributed by atoms with E-state index in [1.54, 1.807) is 7.11 Å². The second-order valence-corrected chi connectivity index (χ2v) is 6.02. The minimum absolute atomic E-state index is 0.510. The predicted octanol–water partition coefficient (Wildman–Crippen LogP) is 3.76. The Labute approximate surface area is 122 Å². The van der Waals surface area contributed by atoms with Gasteiger partial charge in [-0.25, -0.2) is 0 Å². The van der Waals surface area contributed by atoms with E-state index in [2.05, 4.69) is 25.2 Å². The van der Waals surface area contributed by atoms with E-state index in [1.165, 1.54) is 31.2 Å². The third-order valence-electron chi connectivity index (χ3n) is 3.78. The van der Waals surface area contributed by atoms with Gasteiger partial charge in [0.05, 0.1) is 13.7 Å². The van der Waals surface area contributed by atoms with Crippen molar-refractivity contribution in [2.24, 2.45) is 5.92 Å². The lowest BCUT2D eigenvalue weighted by molar-refractivity contribution is 0.253. The topological polar surface area (TPSA) is 30.5 Å². The molecule has 0 radical (unpaired) electrons. The van der Waals surface area contributed by atoms with Crippen molar-refractivity contribution in [3.8, 4) is 11.5 Å². The lowest BCUT2D eigenvalue weighted by Crippen LogP contribution is -2.25. The Bertz CT molecular complexity index is 411. The maximum absolute atomic E-state index is 5.97. The first-order chi connectivity index (χ1) is 9.70. The highest BCUT2D eigenvalue weighted by Crippen LogP contribution is 2.32. The molecule has 3 heteroatoms. The molecule has 3 nitrogen and oxygen atoms in total. The van der Waals surface area contributed by atoms with Crippen molar-refractivity contribution >= 4 is 0 Å². The van der Waals surface area contributed by atoms with Gasteiger partial charge in [-0.05, 0) is 24.8 Å². The normalized spacial score (nSPS) is 15.8. The maximum Gasteiger partial charge on any atom is 0.165 e. The molecule has 0 amide bonds. The first-order valence-corrected chi connectivity index (χ1v) is 7.72. The highest BCUT2D eigenvalue weighted by molar-refractivity contribution is 5.46. The maximum atomic E-state index is 5.97. The number of rotatable bonds is 7. The Morgan fingerprint density at radius 3 is 2.65 bits per heavy atom. The monoisotopic (exact) mass is 277 g/mol. The molecule has 0 spiro atoms. The molecular weight excluding hydrogens is 250 g/mol. The molecule has 1 aromatic carbocycles. The molecule has 1 N–H and O–H groups in total. The highest BCUT2D eigenvalue weighted by atomic mass is 16.5. The van der Waals surface area contributed by atoms with Gasteiger partial charge in [-0.15, -0.1) is 0 Å². The molecule has 0 bridgehead atoms. The van der Waals surface area contributed by atoms with Crippen LogP contribution in [0.4, 0.5) is 0 Å². The predicted molar refractivity (Wildman–Crippen MR) is 82.4 cm³/mol. The third kappa shape index (κ3) is 4.14. The van der Waals surface area contributed by atoms with E-state index in [0.29, 0.717) is 12.0 Å². The smallest absolute Gasteiger partial charge is 0.165 e. The van der Waals surface area contributed by atoms with Crippen molar-refractivity contribution in [1.82, 2.24) is 5.32 Å². The van der Waals surface area contributed by atoms with Crippen molar-refractivity contribution in [1.29, 1.82) is 0 Å². The molecule has 2 rings (SSSR count). The zero-order valence-electron chi connectivity index (χ0n) is 12.9. The van der Waals surface area contributed by atoms with Crippen LogP contribution in [0.3, 0.4) is 0 Å². The molecule has 0 aromatic heterocycles. The van der Waals surface area contributed by atoms with Crippen LogP contribution in [0, 0.1) is 5.92 Å². The SMILES string of the molecule is COc1cccc(CNC2CCCC2)c1OCC(C)C. The number of benzene rings is 1. The summed E-state index contributed by atoms with van der Waals surface area (Å²) in [5.74, 6) is 2.24. The number of hydrogen-bond donors (Lipinski definition) is 1. The van der Waals surface area contributed by atoms with Gasteiger partial charge in [0.15, 0.2) is 11.5 Å². The quantitative estimate of drug-likeness (QED) is 0.823. The van der Waals surface area contributed by atoms with Crippen LogP contribution in [-0.2, 0) is 6.54 Å². The van der Waals surface area contributed by atoms with Crippen LogP contribution >= 0.6 is 0 Å². The van der Waals surface area contributed by atoms with Crippen molar-refractivity contribution in [2.75, 3.05) is 13.7 Å². The summed E-state index contributed by atoms with van der Waals surface area (Å²) in [7, 11) is 1.70. The minimum Gasteiger partial charge on any atom is -0.493 e. The molecule has 1 saturated carbocycles. The van der Waals surface area contributed by atoms with Gasteiger partial charge in [0.25, 0.3) is 0 Å². The van der Waals surface area contributed by atoms with E-state index in [1.807, 2.05) is 12.1 Å². The molecule has 0 aliphatic heterocycles. The van der Waals surface area contributed by atoms with Gasteiger partial charge in [-0.3, -0.25) is 0 Å². The van der Waals surface area contributed by atoms with Gasteiger partial charge in [0, 0.05) is 18.2 Å². The first-order valence-electron chi connectivity index (χ1n) is 7.72. The van der Waals surface area contributed by atoms with Gasteiger partial charge in [0.2, 0.25) is 0 Å². The largest absolute Gasteiger partial charge is 0.493 e. The summed E-state index contributed by atoms with van der Waals surface area (Å²) in [4.78, 5) is 0. The number of hydrogen-bond acceptors (Lipinski definition) is 3. The highest BCUT2D eigenvalue weighted by Gasteiger charge is 2.16. The molecule has 1 fully saturated rings. The molecule has 0 heterocycles. The summed E-state index contributed by atoms with van der Waals surface area (Å²) in [5, 5.41) is 3.64. The fourth-order valence-electron chi connectivity index (χ4n) is 2.66. The molecule has 112 valence electrons. The lowest BCUT2D eigenvalue weighted by atomic mass is 10.1. The van der Waals surface area contributed by atoms with E-state index in [9.17, 15) is 0 Å². The second kappa shape index (κ2) is 7.53. The molecule has 20 heavy (non-hydrogen) atoms. The van der Waals surface area contributed by atoms with E-state index >= 15 is 0 Å². The number of para-hydroxylation sites is 1. The molecular formula is C17H27NO2. The average molecular weight is 277 g/mol. The fraction of sp³-hybridized carbons (Fsp3) is 0.647. The second-order valence-electron chi connectivity index (χ2n) is 6.02. The fourth-order valence-corrected chi connectivity index (χ4v) is 2.66. The first kappa shape index (κ1) is 15.2. The van der Waals surface area contributed by atoms with E-state index in [4.69, 9.17) is 9.47 Å². The zero-order valence-corrected chi connectivity index (χ0v) is 12.9. The Balaban J connectivity index is 2.04. The Morgan fingerprint density at radius 1 is 1.25 bits per heavy atom. The summed E-state index contributed by atoms with van der Waals surface area (Å²) < 4.78 is 11.4. The summed E-state index contributed by atoms with van der Waals surface area (Å²) >= 11 is 0. The molecule has 1 aliphatic rings. The van der Waals surface area contributed by atoms with Crippen molar-refractivity contribution in [3.05, 3.63) is 23.8 Å². The van der Waals surface area contributed by atoms with Gasteiger partial charge < -0.3 is 14.8 Å². The standard InChI is InChI=1S/C17H27NO2/c1-13(2)12-20-17-14(7-6-10-16(17)19-3)11-18-15-8-4-5-9-15/h6-7,10,13,15,18H,4-5,8-9,11-12H2,1-3H3. The van der Waals surface area contributed by atoms with Gasteiger partial charge in [-0.2, -0.15) is 0 Å². The number of methoxy groups -OCH3 is 1. The summed E-state index contributed by atoms with van der Waals surface area (Å²) in [6, 6.07) is 6.79. The molecule has 0 atom stereocenters. The van der Waals surface area contributed by atoms with E-state index in [0.717, 1.165) is 24.7 Å². The van der Waals surface area contributed by atoms with E-state index in [-0.39, 0.29) is 0 Å². The van der Waals surface area contributed by atoms with Gasteiger partial charge >= 0.3 is 0 Å². The van der Waals surface area contributed by atoms with Crippen LogP contribution in [0.1, 0.15) is 45.1 Å². The van der Waals surface area contributed by atoms with Crippen molar-refractivity contribution in [3.63, 3.8) is 0 Å². The molecule has 0 saturated heterocycles. The van der Waals surface area contributed by atoms with Crippen molar-refractivity contribution < 1.29 is 9.47 Å². The van der Waals surface area contributed by atoms with Crippen LogP contribution in [-0.4, -0.2) is 19.8 Å². The average Bonchev–Trinajstić information content (AvgIpc) is 2.96. The minimum atomic E-state index is 0.510. The van der Waals surface area contributed by atoms with Crippen LogP contribution in [0.5, 0.6) is 11.5 Å². The summed E-state index contributed by atoms with van der Waals surface area (Å²) in [6.45, 7) is 5.89. The third-order valence-corrected chi connectivity index (χ3v) is 3.78. The van der Waals surface area contributed by atoms with E-state index < -0.39 is 0 Å². The van der Waals surface area contributed by atoms with Crippen LogP contribution in [0.15, 0.2) is 18.2 Å². The number of nitrogens with one attached hydrogen (secondary N) is 1. The molecule has 0 unspecified atom stereocenters. The summed E-state index contributed by atoms with van der Waals surface area (Å²) in [5.41, 5.74) is 1.19. The summed E-state index contributed by atoms with van der Waals surface area (Å²) in [6.07, 6.45) is 5.30. The van der Waals surface area contributed by atoms with Crippen LogP contribution in [0.25, 0.3) is 0 Å². The van der Waals surface area contributed by atoms with Crippen LogP contribution in [0.2, 0.25) is 0 Å². The van der Waals surface area contributed by atoms with Crippen molar-refractivity contribution in [2.45, 2.75) is 52.1 Å². The van der Waals surface area contributed by atoms with Gasteiger partial charge in [0.1, 0.15) is 0 Å². The Kier molecular flexibility index (Phi) is 5.72. The molecule has 1 aliphatic carbocycles.